The lowest BCUT2D eigenvalue weighted by Gasteiger charge is -2.23. The summed E-state index contributed by atoms with van der Waals surface area (Å²) in [7, 11) is 0. The third-order valence-corrected chi connectivity index (χ3v) is 3.65. The van der Waals surface area contributed by atoms with E-state index in [9.17, 15) is 14.7 Å². The monoisotopic (exact) mass is 282 g/mol. The Hall–Kier alpha value is -1.76. The quantitative estimate of drug-likeness (QED) is 0.519. The zero-order chi connectivity index (χ0) is 14.4. The lowest BCUT2D eigenvalue weighted by atomic mass is 9.96. The Morgan fingerprint density at radius 1 is 1.35 bits per heavy atom. The molecule has 112 valence electrons. The first-order chi connectivity index (χ1) is 9.65. The molecule has 2 rings (SSSR count). The van der Waals surface area contributed by atoms with E-state index in [4.69, 9.17) is 0 Å². The first-order valence-electron chi connectivity index (χ1n) is 7.13. The third kappa shape index (κ3) is 4.41. The van der Waals surface area contributed by atoms with Gasteiger partial charge in [-0.05, 0) is 24.8 Å². The van der Waals surface area contributed by atoms with E-state index in [0.717, 1.165) is 12.8 Å². The molecule has 1 fully saturated rings. The second-order valence-corrected chi connectivity index (χ2v) is 5.22. The fourth-order valence-electron chi connectivity index (χ4n) is 2.51. The zero-order valence-electron chi connectivity index (χ0n) is 11.4. The summed E-state index contributed by atoms with van der Waals surface area (Å²) in [5.41, 5.74) is 0.641. The molecule has 5 N–H and O–H groups in total. The molecule has 0 bridgehead atoms. The minimum absolute atomic E-state index is 0.167. The molecule has 20 heavy (non-hydrogen) atoms. The van der Waals surface area contributed by atoms with Crippen LogP contribution in [0.2, 0.25) is 0 Å². The molecule has 1 atom stereocenters. The number of aliphatic hydroxyl groups is 1. The predicted molar refractivity (Wildman–Crippen MR) is 73.8 cm³/mol. The van der Waals surface area contributed by atoms with Gasteiger partial charge in [-0.2, -0.15) is 0 Å². The van der Waals surface area contributed by atoms with Crippen LogP contribution >= 0.6 is 0 Å². The fourth-order valence-corrected chi connectivity index (χ4v) is 2.51. The molecule has 1 heterocycles. The van der Waals surface area contributed by atoms with Gasteiger partial charge in [0, 0.05) is 18.8 Å². The smallest absolute Gasteiger partial charge is 0.321 e. The van der Waals surface area contributed by atoms with Crippen LogP contribution in [0.15, 0.2) is 11.8 Å². The van der Waals surface area contributed by atoms with Crippen molar-refractivity contribution in [3.63, 3.8) is 0 Å². The van der Waals surface area contributed by atoms with Crippen LogP contribution in [-0.2, 0) is 0 Å². The van der Waals surface area contributed by atoms with Crippen LogP contribution in [0.25, 0.3) is 0 Å². The van der Waals surface area contributed by atoms with Crippen LogP contribution < -0.4 is 21.3 Å². The van der Waals surface area contributed by atoms with Crippen LogP contribution in [0.3, 0.4) is 0 Å². The Morgan fingerprint density at radius 3 is 2.80 bits per heavy atom. The molecular formula is C13H22N4O3. The second-order valence-electron chi connectivity index (χ2n) is 5.22. The molecule has 1 aliphatic heterocycles. The lowest BCUT2D eigenvalue weighted by molar-refractivity contribution is 0.161. The van der Waals surface area contributed by atoms with E-state index in [1.54, 1.807) is 0 Å². The van der Waals surface area contributed by atoms with E-state index in [0.29, 0.717) is 18.5 Å². The molecule has 1 aliphatic carbocycles. The molecular weight excluding hydrogens is 260 g/mol. The van der Waals surface area contributed by atoms with E-state index in [1.807, 2.05) is 0 Å². The van der Waals surface area contributed by atoms with Crippen molar-refractivity contribution >= 4 is 12.1 Å². The van der Waals surface area contributed by atoms with Crippen molar-refractivity contribution in [1.82, 2.24) is 21.3 Å². The largest absolute Gasteiger partial charge is 0.370 e. The molecule has 0 saturated heterocycles. The number of aliphatic hydroxyl groups excluding tert-OH is 1. The van der Waals surface area contributed by atoms with Crippen LogP contribution in [-0.4, -0.2) is 36.0 Å². The van der Waals surface area contributed by atoms with Crippen molar-refractivity contribution in [2.45, 2.75) is 50.8 Å². The summed E-state index contributed by atoms with van der Waals surface area (Å²) >= 11 is 0. The van der Waals surface area contributed by atoms with Crippen LogP contribution in [0, 0.1) is 0 Å². The lowest BCUT2D eigenvalue weighted by Crippen LogP contribution is -2.47. The minimum Gasteiger partial charge on any atom is -0.370 e. The van der Waals surface area contributed by atoms with Crippen molar-refractivity contribution in [3.05, 3.63) is 11.8 Å². The Kier molecular flexibility index (Phi) is 5.23. The van der Waals surface area contributed by atoms with Gasteiger partial charge in [0.25, 0.3) is 0 Å². The van der Waals surface area contributed by atoms with Gasteiger partial charge in [-0.3, -0.25) is 0 Å². The minimum atomic E-state index is -0.980. The van der Waals surface area contributed by atoms with Gasteiger partial charge in [0.2, 0.25) is 0 Å². The average molecular weight is 282 g/mol. The summed E-state index contributed by atoms with van der Waals surface area (Å²) in [6.45, 7) is 0.416. The summed E-state index contributed by atoms with van der Waals surface area (Å²) in [5, 5.41) is 20.1. The third-order valence-electron chi connectivity index (χ3n) is 3.65. The van der Waals surface area contributed by atoms with E-state index < -0.39 is 12.3 Å². The number of hydrogen-bond donors (Lipinski definition) is 5. The Morgan fingerprint density at radius 2 is 2.10 bits per heavy atom. The maximum atomic E-state index is 11.7. The standard InChI is InChI=1S/C13H22N4O3/c18-11-9(8-15-13(20)17-11)6-7-14-12(19)16-10-4-2-1-3-5-10/h8,10-11,18H,1-7H2,(H2,14,16,19)(H2,15,17,20). The highest BCUT2D eigenvalue weighted by Crippen LogP contribution is 2.17. The van der Waals surface area contributed by atoms with Crippen LogP contribution in [0.5, 0.6) is 0 Å². The molecule has 7 heteroatoms. The highest BCUT2D eigenvalue weighted by molar-refractivity contribution is 5.77. The van der Waals surface area contributed by atoms with Crippen molar-refractivity contribution in [2.24, 2.45) is 0 Å². The maximum Gasteiger partial charge on any atom is 0.321 e. The fraction of sp³-hybridized carbons (Fsp3) is 0.692. The Bertz CT molecular complexity index is 391. The zero-order valence-corrected chi connectivity index (χ0v) is 11.4. The predicted octanol–water partition coefficient (Wildman–Crippen LogP) is 0.523. The van der Waals surface area contributed by atoms with Crippen molar-refractivity contribution in [3.8, 4) is 0 Å². The number of amides is 4. The summed E-state index contributed by atoms with van der Waals surface area (Å²) in [6, 6.07) is -0.312. The highest BCUT2D eigenvalue weighted by Gasteiger charge is 2.19. The maximum absolute atomic E-state index is 11.7. The first kappa shape index (κ1) is 14.6. The van der Waals surface area contributed by atoms with Crippen LogP contribution in [0.1, 0.15) is 38.5 Å². The van der Waals surface area contributed by atoms with Crippen LogP contribution in [0.4, 0.5) is 9.59 Å². The van der Waals surface area contributed by atoms with E-state index >= 15 is 0 Å². The molecule has 1 unspecified atom stereocenters. The topological polar surface area (TPSA) is 102 Å². The van der Waals surface area contributed by atoms with Gasteiger partial charge >= 0.3 is 12.1 Å². The molecule has 0 aromatic rings. The number of urea groups is 2. The Labute approximate surface area is 118 Å². The Balaban J connectivity index is 1.65. The number of hydrogen-bond acceptors (Lipinski definition) is 3. The van der Waals surface area contributed by atoms with Crippen molar-refractivity contribution < 1.29 is 14.7 Å². The van der Waals surface area contributed by atoms with Gasteiger partial charge in [0.1, 0.15) is 0 Å². The van der Waals surface area contributed by atoms with E-state index in [1.165, 1.54) is 25.5 Å². The summed E-state index contributed by atoms with van der Waals surface area (Å²) in [6.07, 6.45) is 6.68. The number of nitrogens with one attached hydrogen (secondary N) is 4. The molecule has 1 saturated carbocycles. The van der Waals surface area contributed by atoms with Crippen molar-refractivity contribution in [2.75, 3.05) is 6.54 Å². The SMILES string of the molecule is O=C(NCCC1=CNC(=O)NC1O)NC1CCCCC1. The van der Waals surface area contributed by atoms with Gasteiger partial charge in [-0.25, -0.2) is 9.59 Å². The van der Waals surface area contributed by atoms with Gasteiger partial charge in [0.15, 0.2) is 6.23 Å². The average Bonchev–Trinajstić information content (AvgIpc) is 2.42. The molecule has 0 radical (unpaired) electrons. The normalized spacial score (nSPS) is 23.4. The first-order valence-corrected chi connectivity index (χ1v) is 7.13. The summed E-state index contributed by atoms with van der Waals surface area (Å²) in [5.74, 6) is 0. The number of carbonyl (C=O) groups excluding carboxylic acids is 2. The highest BCUT2D eigenvalue weighted by atomic mass is 16.3. The second kappa shape index (κ2) is 7.14. The summed E-state index contributed by atoms with van der Waals surface area (Å²) in [4.78, 5) is 22.6. The number of carbonyl (C=O) groups is 2. The van der Waals surface area contributed by atoms with E-state index in [-0.39, 0.29) is 12.1 Å². The van der Waals surface area contributed by atoms with Gasteiger partial charge < -0.3 is 26.4 Å². The van der Waals surface area contributed by atoms with Crippen molar-refractivity contribution in [1.29, 1.82) is 0 Å². The molecule has 0 aromatic carbocycles. The number of rotatable bonds is 4. The van der Waals surface area contributed by atoms with Gasteiger partial charge in [-0.15, -0.1) is 0 Å². The molecule has 2 aliphatic rings. The summed E-state index contributed by atoms with van der Waals surface area (Å²) < 4.78 is 0. The van der Waals surface area contributed by atoms with Gasteiger partial charge in [-0.1, -0.05) is 19.3 Å². The van der Waals surface area contributed by atoms with Gasteiger partial charge in [0.05, 0.1) is 0 Å². The molecule has 7 nitrogen and oxygen atoms in total. The molecule has 0 spiro atoms. The molecule has 0 aromatic heterocycles. The molecule has 4 amide bonds. The van der Waals surface area contributed by atoms with E-state index in [2.05, 4.69) is 21.3 Å².